The molecule has 0 aliphatic carbocycles. The lowest BCUT2D eigenvalue weighted by Gasteiger charge is -2.24. The Bertz CT molecular complexity index is 1450. The minimum Gasteiger partial charge on any atom is -0.366 e. The molecule has 3 aromatic carbocycles. The predicted molar refractivity (Wildman–Crippen MR) is 131 cm³/mol. The molecule has 4 aromatic rings. The summed E-state index contributed by atoms with van der Waals surface area (Å²) in [7, 11) is 1.87. The molecule has 8 heteroatoms. The molecule has 4 N–H and O–H groups in total. The Morgan fingerprint density at radius 1 is 1.17 bits per heavy atom. The van der Waals surface area contributed by atoms with E-state index >= 15 is 4.39 Å². The zero-order chi connectivity index (χ0) is 24.5. The predicted octanol–water partition coefficient (Wildman–Crippen LogP) is 3.52. The van der Waals surface area contributed by atoms with Gasteiger partial charge in [-0.15, -0.1) is 0 Å². The molecule has 0 bridgehead atoms. The first kappa shape index (κ1) is 22.6. The second kappa shape index (κ2) is 9.25. The van der Waals surface area contributed by atoms with E-state index in [9.17, 15) is 9.59 Å². The molecule has 0 saturated carbocycles. The van der Waals surface area contributed by atoms with Crippen LogP contribution in [0.3, 0.4) is 0 Å². The summed E-state index contributed by atoms with van der Waals surface area (Å²) < 4.78 is 17.0. The van der Waals surface area contributed by atoms with E-state index in [2.05, 4.69) is 15.6 Å². The second-order valence-corrected chi connectivity index (χ2v) is 8.43. The van der Waals surface area contributed by atoms with Crippen molar-refractivity contribution in [2.24, 2.45) is 5.73 Å². The molecule has 0 radical (unpaired) electrons. The van der Waals surface area contributed by atoms with Gasteiger partial charge in [0.1, 0.15) is 23.9 Å². The molecule has 1 aliphatic rings. The van der Waals surface area contributed by atoms with Gasteiger partial charge in [0.05, 0.1) is 5.69 Å². The number of Topliss-reactive ketones (excluding diaryl/α,β-unsaturated/α-hetero) is 1. The lowest BCUT2D eigenvalue weighted by molar-refractivity contribution is 0.0919. The van der Waals surface area contributed by atoms with Gasteiger partial charge < -0.3 is 11.1 Å². The molecule has 1 unspecified atom stereocenters. The normalized spacial score (nSPS) is 15.1. The Morgan fingerprint density at radius 3 is 2.77 bits per heavy atom. The Hall–Kier alpha value is -4.14. The van der Waals surface area contributed by atoms with Gasteiger partial charge in [-0.2, -0.15) is 0 Å². The van der Waals surface area contributed by atoms with Crippen LogP contribution in [0.5, 0.6) is 0 Å². The van der Waals surface area contributed by atoms with E-state index in [1.54, 1.807) is 34.9 Å². The number of halogens is 1. The highest BCUT2D eigenvalue weighted by molar-refractivity contribution is 6.02. The molecule has 5 rings (SSSR count). The first-order valence-corrected chi connectivity index (χ1v) is 11.2. The average molecular weight is 470 g/mol. The van der Waals surface area contributed by atoms with Gasteiger partial charge >= 0.3 is 0 Å². The number of nitrogens with one attached hydrogen (secondary N) is 2. The van der Waals surface area contributed by atoms with Crippen LogP contribution < -0.4 is 16.4 Å². The van der Waals surface area contributed by atoms with Gasteiger partial charge in [0.2, 0.25) is 11.7 Å². The van der Waals surface area contributed by atoms with E-state index in [0.717, 1.165) is 16.7 Å². The maximum Gasteiger partial charge on any atom is 0.248 e. The Kier molecular flexibility index (Phi) is 5.98. The van der Waals surface area contributed by atoms with Crippen LogP contribution in [0.15, 0.2) is 73.1 Å². The van der Waals surface area contributed by atoms with E-state index in [0.29, 0.717) is 35.7 Å². The molecule has 1 atom stereocenters. The summed E-state index contributed by atoms with van der Waals surface area (Å²) in [5, 5.41) is 6.25. The summed E-state index contributed by atoms with van der Waals surface area (Å²) in [6, 6.07) is 18.6. The fraction of sp³-hybridized carbons (Fsp3) is 0.148. The van der Waals surface area contributed by atoms with Crippen molar-refractivity contribution >= 4 is 11.7 Å². The number of carbonyl (C=O) groups excluding carboxylic acids is 2. The Morgan fingerprint density at radius 2 is 2.00 bits per heavy atom. The number of rotatable bonds is 6. The van der Waals surface area contributed by atoms with Crippen molar-refractivity contribution in [3.05, 3.63) is 107 Å². The molecule has 0 saturated heterocycles. The zero-order valence-electron chi connectivity index (χ0n) is 19.1. The number of nitrogens with two attached hydrogens (primary N) is 1. The number of amides is 1. The molecule has 7 nitrogen and oxygen atoms in total. The lowest BCUT2D eigenvalue weighted by atomic mass is 9.92. The van der Waals surface area contributed by atoms with E-state index < -0.39 is 17.8 Å². The fourth-order valence-corrected chi connectivity index (χ4v) is 4.54. The third-order valence-electron chi connectivity index (χ3n) is 6.23. The van der Waals surface area contributed by atoms with Crippen molar-refractivity contribution in [1.29, 1.82) is 0 Å². The number of benzene rings is 3. The van der Waals surface area contributed by atoms with Gasteiger partial charge in [0.15, 0.2) is 0 Å². The number of nitrogens with zero attached hydrogens (tertiary/aromatic N) is 2. The van der Waals surface area contributed by atoms with Crippen molar-refractivity contribution in [2.45, 2.75) is 19.1 Å². The van der Waals surface area contributed by atoms with Crippen LogP contribution >= 0.6 is 0 Å². The van der Waals surface area contributed by atoms with E-state index in [4.69, 9.17) is 5.73 Å². The summed E-state index contributed by atoms with van der Waals surface area (Å²) in [6.07, 6.45) is 1.53. The van der Waals surface area contributed by atoms with Crippen LogP contribution in [-0.2, 0) is 13.1 Å². The molecule has 0 spiro atoms. The van der Waals surface area contributed by atoms with E-state index in [1.165, 1.54) is 12.4 Å². The second-order valence-electron chi connectivity index (χ2n) is 8.43. The molecule has 176 valence electrons. The number of aromatic nitrogens is 2. The number of ketones is 1. The van der Waals surface area contributed by atoms with Crippen molar-refractivity contribution in [3.8, 4) is 16.8 Å². The van der Waals surface area contributed by atoms with Gasteiger partial charge in [-0.05, 0) is 48.0 Å². The Balaban J connectivity index is 1.50. The number of hydrogen-bond donors (Lipinski definition) is 3. The molecule has 0 fully saturated rings. The minimum atomic E-state index is -0.862. The molecule has 1 amide bonds. The molecule has 2 heterocycles. The minimum absolute atomic E-state index is 0.272. The van der Waals surface area contributed by atoms with Crippen molar-refractivity contribution in [3.63, 3.8) is 0 Å². The first-order valence-electron chi connectivity index (χ1n) is 11.2. The topological polar surface area (TPSA) is 102 Å². The van der Waals surface area contributed by atoms with Crippen molar-refractivity contribution in [2.75, 3.05) is 7.05 Å². The third kappa shape index (κ3) is 4.14. The fourth-order valence-electron chi connectivity index (χ4n) is 4.54. The maximum absolute atomic E-state index is 15.4. The molecular formula is C27H24FN5O2. The number of carbonyl (C=O) groups is 2. The molecular weight excluding hydrogens is 445 g/mol. The number of fused-ring (bicyclic) bond motifs is 1. The van der Waals surface area contributed by atoms with Crippen molar-refractivity contribution in [1.82, 2.24) is 20.2 Å². The summed E-state index contributed by atoms with van der Waals surface area (Å²) in [5.74, 6) is -1.32. The molecule has 1 aliphatic heterocycles. The standard InChI is InChI=1S/C27H24FN5O2/c1-30-13-18-5-2-3-8-20(18)16-9-10-21(22(28)12-16)24-26(34)25-23(14-31-24)32-15-33(25)19-7-4-6-17(11-19)27(29)35/h2-12,15,24,30-31H,13-14H2,1H3,(H2,29,35). The number of imidazole rings is 1. The molecule has 35 heavy (non-hydrogen) atoms. The van der Waals surface area contributed by atoms with Crippen LogP contribution in [-0.4, -0.2) is 28.3 Å². The summed E-state index contributed by atoms with van der Waals surface area (Å²) in [4.78, 5) is 29.5. The van der Waals surface area contributed by atoms with Gasteiger partial charge in [-0.3, -0.25) is 19.5 Å². The van der Waals surface area contributed by atoms with Crippen LogP contribution in [0.4, 0.5) is 4.39 Å². The largest absolute Gasteiger partial charge is 0.366 e. The lowest BCUT2D eigenvalue weighted by Crippen LogP contribution is -2.36. The monoisotopic (exact) mass is 469 g/mol. The highest BCUT2D eigenvalue weighted by Crippen LogP contribution is 2.32. The van der Waals surface area contributed by atoms with Crippen LogP contribution in [0, 0.1) is 5.82 Å². The molecule has 1 aromatic heterocycles. The third-order valence-corrected chi connectivity index (χ3v) is 6.23. The van der Waals surface area contributed by atoms with Gasteiger partial charge in [0.25, 0.3) is 0 Å². The summed E-state index contributed by atoms with van der Waals surface area (Å²) in [6.45, 7) is 0.965. The van der Waals surface area contributed by atoms with E-state index in [1.807, 2.05) is 37.4 Å². The highest BCUT2D eigenvalue weighted by atomic mass is 19.1. The van der Waals surface area contributed by atoms with E-state index in [-0.39, 0.29) is 11.3 Å². The van der Waals surface area contributed by atoms with Crippen LogP contribution in [0.25, 0.3) is 16.8 Å². The quantitative estimate of drug-likeness (QED) is 0.401. The zero-order valence-corrected chi connectivity index (χ0v) is 19.1. The first-order chi connectivity index (χ1) is 17.0. The smallest absolute Gasteiger partial charge is 0.248 e. The summed E-state index contributed by atoms with van der Waals surface area (Å²) in [5.41, 5.74) is 10.2. The maximum atomic E-state index is 15.4. The number of hydrogen-bond acceptors (Lipinski definition) is 5. The Labute approximate surface area is 201 Å². The highest BCUT2D eigenvalue weighted by Gasteiger charge is 2.34. The van der Waals surface area contributed by atoms with Gasteiger partial charge in [0, 0.05) is 29.9 Å². The SMILES string of the molecule is CNCc1ccccc1-c1ccc(C2NCc3ncn(-c4cccc(C(N)=O)c4)c3C2=O)c(F)c1. The van der Waals surface area contributed by atoms with Gasteiger partial charge in [-0.1, -0.05) is 42.5 Å². The summed E-state index contributed by atoms with van der Waals surface area (Å²) >= 11 is 0. The van der Waals surface area contributed by atoms with Crippen LogP contribution in [0.1, 0.15) is 43.7 Å². The average Bonchev–Trinajstić information content (AvgIpc) is 3.30. The number of primary amides is 1. The van der Waals surface area contributed by atoms with Gasteiger partial charge in [-0.25, -0.2) is 9.37 Å². The van der Waals surface area contributed by atoms with Crippen molar-refractivity contribution < 1.29 is 14.0 Å². The van der Waals surface area contributed by atoms with Crippen LogP contribution in [0.2, 0.25) is 0 Å².